The van der Waals surface area contributed by atoms with Crippen molar-refractivity contribution in [3.8, 4) is 0 Å². The van der Waals surface area contributed by atoms with Gasteiger partial charge in [-0.3, -0.25) is 14.9 Å². The molecule has 6 nitrogen and oxygen atoms in total. The molecule has 140 valence electrons. The molecule has 2 aromatic rings. The number of carbonyl (C=O) groups is 1. The van der Waals surface area contributed by atoms with E-state index in [1.54, 1.807) is 18.3 Å². The highest BCUT2D eigenvalue weighted by atomic mass is 16.6. The molecule has 0 amide bonds. The van der Waals surface area contributed by atoms with Crippen LogP contribution < -0.4 is 5.73 Å². The predicted octanol–water partition coefficient (Wildman–Crippen LogP) is 3.63. The van der Waals surface area contributed by atoms with Gasteiger partial charge in [-0.15, -0.1) is 0 Å². The SMILES string of the molecule is NCc1cccc(C2CCN(C=CC(=O)c3ccccc3[N+](=O)[O-])CC2)c1. The number of nitrogens with zero attached hydrogens (tertiary/aromatic N) is 2. The van der Waals surface area contributed by atoms with E-state index in [-0.39, 0.29) is 17.0 Å². The van der Waals surface area contributed by atoms with E-state index < -0.39 is 4.92 Å². The van der Waals surface area contributed by atoms with E-state index in [1.165, 1.54) is 23.8 Å². The molecule has 0 bridgehead atoms. The van der Waals surface area contributed by atoms with Crippen molar-refractivity contribution in [3.63, 3.8) is 0 Å². The second-order valence-electron chi connectivity index (χ2n) is 6.71. The van der Waals surface area contributed by atoms with Gasteiger partial charge in [0.2, 0.25) is 0 Å². The van der Waals surface area contributed by atoms with Gasteiger partial charge in [0.15, 0.2) is 5.78 Å². The molecule has 0 radical (unpaired) electrons. The van der Waals surface area contributed by atoms with Gasteiger partial charge in [0.05, 0.1) is 10.5 Å². The molecule has 6 heteroatoms. The topological polar surface area (TPSA) is 89.5 Å². The first-order valence-electron chi connectivity index (χ1n) is 9.07. The number of para-hydroxylation sites is 1. The third-order valence-electron chi connectivity index (χ3n) is 4.99. The predicted molar refractivity (Wildman–Crippen MR) is 104 cm³/mol. The van der Waals surface area contributed by atoms with Gasteiger partial charge in [0.1, 0.15) is 0 Å². The number of benzene rings is 2. The first kappa shape index (κ1) is 18.8. The lowest BCUT2D eigenvalue weighted by molar-refractivity contribution is -0.385. The number of carbonyl (C=O) groups excluding carboxylic acids is 1. The van der Waals surface area contributed by atoms with Crippen LogP contribution in [0.25, 0.3) is 0 Å². The highest BCUT2D eigenvalue weighted by Gasteiger charge is 2.20. The number of piperidine rings is 1. The molecule has 0 aromatic heterocycles. The molecule has 1 aliphatic rings. The molecule has 2 aromatic carbocycles. The lowest BCUT2D eigenvalue weighted by Crippen LogP contribution is -2.28. The van der Waals surface area contributed by atoms with Gasteiger partial charge in [-0.05, 0) is 36.0 Å². The smallest absolute Gasteiger partial charge is 0.280 e. The maximum atomic E-state index is 12.3. The molecule has 1 saturated heterocycles. The Morgan fingerprint density at radius 2 is 1.93 bits per heavy atom. The van der Waals surface area contributed by atoms with Crippen LogP contribution in [0.3, 0.4) is 0 Å². The summed E-state index contributed by atoms with van der Waals surface area (Å²) in [4.78, 5) is 25.0. The molecule has 3 rings (SSSR count). The lowest BCUT2D eigenvalue weighted by atomic mass is 9.88. The average Bonchev–Trinajstić information content (AvgIpc) is 2.72. The monoisotopic (exact) mass is 365 g/mol. The summed E-state index contributed by atoms with van der Waals surface area (Å²) >= 11 is 0. The Morgan fingerprint density at radius 3 is 2.63 bits per heavy atom. The van der Waals surface area contributed by atoms with Crippen LogP contribution in [0.1, 0.15) is 40.2 Å². The summed E-state index contributed by atoms with van der Waals surface area (Å²) in [6.07, 6.45) is 5.18. The third-order valence-corrected chi connectivity index (χ3v) is 4.99. The van der Waals surface area contributed by atoms with Gasteiger partial charge < -0.3 is 10.6 Å². The number of rotatable bonds is 6. The number of nitro benzene ring substituents is 1. The fraction of sp³-hybridized carbons (Fsp3) is 0.286. The van der Waals surface area contributed by atoms with Crippen LogP contribution in [-0.2, 0) is 6.54 Å². The largest absolute Gasteiger partial charge is 0.377 e. The summed E-state index contributed by atoms with van der Waals surface area (Å²) < 4.78 is 0. The van der Waals surface area contributed by atoms with Gasteiger partial charge in [-0.2, -0.15) is 0 Å². The van der Waals surface area contributed by atoms with E-state index >= 15 is 0 Å². The molecule has 0 aliphatic carbocycles. The molecule has 27 heavy (non-hydrogen) atoms. The number of ketones is 1. The number of allylic oxidation sites excluding steroid dienone is 1. The Balaban J connectivity index is 1.60. The van der Waals surface area contributed by atoms with Gasteiger partial charge in [0.25, 0.3) is 5.69 Å². The number of hydrogen-bond acceptors (Lipinski definition) is 5. The molecule has 1 heterocycles. The van der Waals surface area contributed by atoms with Crippen molar-refractivity contribution < 1.29 is 9.72 Å². The molecule has 1 aliphatic heterocycles. The summed E-state index contributed by atoms with van der Waals surface area (Å²) in [6, 6.07) is 14.4. The number of likely N-dealkylation sites (tertiary alicyclic amines) is 1. The van der Waals surface area contributed by atoms with Crippen LogP contribution in [0.4, 0.5) is 5.69 Å². The standard InChI is InChI=1S/C21H23N3O3/c22-15-16-4-3-5-18(14-16)17-8-11-23(12-9-17)13-10-21(25)19-6-1-2-7-20(19)24(26)27/h1-7,10,13-14,17H,8-9,11-12,15,22H2. The first-order valence-corrected chi connectivity index (χ1v) is 9.07. The third kappa shape index (κ3) is 4.60. The minimum absolute atomic E-state index is 0.118. The minimum Gasteiger partial charge on any atom is -0.377 e. The van der Waals surface area contributed by atoms with Crippen molar-refractivity contribution >= 4 is 11.5 Å². The summed E-state index contributed by atoms with van der Waals surface area (Å²) in [5.74, 6) is 0.145. The Labute approximate surface area is 158 Å². The van der Waals surface area contributed by atoms with E-state index in [4.69, 9.17) is 5.73 Å². The van der Waals surface area contributed by atoms with Gasteiger partial charge >= 0.3 is 0 Å². The number of nitrogens with two attached hydrogens (primary N) is 1. The second-order valence-corrected chi connectivity index (χ2v) is 6.71. The number of hydrogen-bond donors (Lipinski definition) is 1. The molecule has 2 N–H and O–H groups in total. The van der Waals surface area contributed by atoms with E-state index in [0.29, 0.717) is 12.5 Å². The molecule has 0 atom stereocenters. The zero-order valence-corrected chi connectivity index (χ0v) is 15.1. The van der Waals surface area contributed by atoms with E-state index in [0.717, 1.165) is 31.5 Å². The Hall–Kier alpha value is -2.99. The summed E-state index contributed by atoms with van der Waals surface area (Å²) in [5.41, 5.74) is 8.14. The molecular weight excluding hydrogens is 342 g/mol. The second kappa shape index (κ2) is 8.60. The highest BCUT2D eigenvalue weighted by molar-refractivity contribution is 6.07. The molecule has 0 saturated carbocycles. The zero-order chi connectivity index (χ0) is 19.2. The van der Waals surface area contributed by atoms with E-state index in [9.17, 15) is 14.9 Å². The van der Waals surface area contributed by atoms with Crippen LogP contribution in [0.2, 0.25) is 0 Å². The van der Waals surface area contributed by atoms with Crippen LogP contribution in [0.5, 0.6) is 0 Å². The lowest BCUT2D eigenvalue weighted by Gasteiger charge is -2.31. The van der Waals surface area contributed by atoms with Gasteiger partial charge in [0, 0.05) is 38.0 Å². The molecule has 0 spiro atoms. The highest BCUT2D eigenvalue weighted by Crippen LogP contribution is 2.28. The summed E-state index contributed by atoms with van der Waals surface area (Å²) in [6.45, 7) is 2.24. The van der Waals surface area contributed by atoms with Gasteiger partial charge in [-0.25, -0.2) is 0 Å². The fourth-order valence-corrected chi connectivity index (χ4v) is 3.46. The molecular formula is C21H23N3O3. The maximum Gasteiger partial charge on any atom is 0.280 e. The molecule has 1 fully saturated rings. The average molecular weight is 365 g/mol. The van der Waals surface area contributed by atoms with E-state index in [1.807, 2.05) is 6.07 Å². The zero-order valence-electron chi connectivity index (χ0n) is 15.1. The van der Waals surface area contributed by atoms with Crippen LogP contribution in [-0.4, -0.2) is 28.7 Å². The fourth-order valence-electron chi connectivity index (χ4n) is 3.46. The van der Waals surface area contributed by atoms with Crippen molar-refractivity contribution in [3.05, 3.63) is 87.6 Å². The summed E-state index contributed by atoms with van der Waals surface area (Å²) in [5, 5.41) is 11.1. The van der Waals surface area contributed by atoms with Crippen LogP contribution in [0, 0.1) is 10.1 Å². The maximum absolute atomic E-state index is 12.3. The van der Waals surface area contributed by atoms with Crippen molar-refractivity contribution in [1.29, 1.82) is 0 Å². The van der Waals surface area contributed by atoms with Crippen molar-refractivity contribution in [1.82, 2.24) is 4.90 Å². The van der Waals surface area contributed by atoms with Crippen molar-refractivity contribution in [2.75, 3.05) is 13.1 Å². The van der Waals surface area contributed by atoms with E-state index in [2.05, 4.69) is 23.1 Å². The Bertz CT molecular complexity index is 855. The Kier molecular flexibility index (Phi) is 5.98. The normalized spacial score (nSPS) is 15.2. The first-order chi connectivity index (χ1) is 13.1. The van der Waals surface area contributed by atoms with Crippen LogP contribution >= 0.6 is 0 Å². The van der Waals surface area contributed by atoms with Crippen molar-refractivity contribution in [2.45, 2.75) is 25.3 Å². The molecule has 0 unspecified atom stereocenters. The quantitative estimate of drug-likeness (QED) is 0.365. The Morgan fingerprint density at radius 1 is 1.19 bits per heavy atom. The van der Waals surface area contributed by atoms with Gasteiger partial charge in [-0.1, -0.05) is 36.4 Å². The summed E-state index contributed by atoms with van der Waals surface area (Å²) in [7, 11) is 0. The van der Waals surface area contributed by atoms with Crippen molar-refractivity contribution in [2.24, 2.45) is 5.73 Å². The minimum atomic E-state index is -0.526. The van der Waals surface area contributed by atoms with Crippen LogP contribution in [0.15, 0.2) is 60.8 Å². The number of nitro groups is 1.